The van der Waals surface area contributed by atoms with Crippen molar-refractivity contribution in [3.63, 3.8) is 0 Å². The standard InChI is InChI=1S/C14H14Cl2N2O3/c1-2-20-8-9-21-13-11(15)12(16)14(19)18(17-13)10-6-4-3-5-7-10/h3-7H,2,8-9H2,1H3. The third-order valence-corrected chi connectivity index (χ3v) is 3.42. The first kappa shape index (κ1) is 15.8. The van der Waals surface area contributed by atoms with Gasteiger partial charge in [0.05, 0.1) is 12.3 Å². The molecule has 0 aliphatic rings. The van der Waals surface area contributed by atoms with Crippen LogP contribution in [0.15, 0.2) is 35.1 Å². The van der Waals surface area contributed by atoms with Gasteiger partial charge in [0.15, 0.2) is 0 Å². The minimum absolute atomic E-state index is 0.00495. The van der Waals surface area contributed by atoms with Gasteiger partial charge in [-0.15, -0.1) is 5.10 Å². The summed E-state index contributed by atoms with van der Waals surface area (Å²) in [5.41, 5.74) is 0.0840. The molecule has 1 aromatic carbocycles. The van der Waals surface area contributed by atoms with Gasteiger partial charge in [0.2, 0.25) is 0 Å². The Kier molecular flexibility index (Phi) is 5.61. The van der Waals surface area contributed by atoms with E-state index in [2.05, 4.69) is 5.10 Å². The highest BCUT2D eigenvalue weighted by Crippen LogP contribution is 2.27. The topological polar surface area (TPSA) is 53.4 Å². The maximum absolute atomic E-state index is 12.1. The minimum Gasteiger partial charge on any atom is -0.473 e. The third kappa shape index (κ3) is 3.75. The Morgan fingerprint density at radius 2 is 1.86 bits per heavy atom. The number of para-hydroxylation sites is 1. The molecule has 0 saturated heterocycles. The summed E-state index contributed by atoms with van der Waals surface area (Å²) in [4.78, 5) is 12.1. The summed E-state index contributed by atoms with van der Waals surface area (Å²) < 4.78 is 11.7. The maximum atomic E-state index is 12.1. The number of aromatic nitrogens is 2. The molecular weight excluding hydrogens is 315 g/mol. The fourth-order valence-corrected chi connectivity index (χ4v) is 1.97. The summed E-state index contributed by atoms with van der Waals surface area (Å²) in [6, 6.07) is 8.90. The molecule has 0 saturated carbocycles. The fourth-order valence-electron chi connectivity index (χ4n) is 1.64. The summed E-state index contributed by atoms with van der Waals surface area (Å²) in [6.07, 6.45) is 0. The molecule has 0 spiro atoms. The summed E-state index contributed by atoms with van der Waals surface area (Å²) >= 11 is 12.0. The molecule has 0 fully saturated rings. The van der Waals surface area contributed by atoms with E-state index >= 15 is 0 Å². The first-order valence-corrected chi connectivity index (χ1v) is 7.15. The predicted molar refractivity (Wildman–Crippen MR) is 81.8 cm³/mol. The zero-order valence-electron chi connectivity index (χ0n) is 11.4. The van der Waals surface area contributed by atoms with Gasteiger partial charge in [-0.2, -0.15) is 4.68 Å². The normalized spacial score (nSPS) is 10.6. The number of hydrogen-bond donors (Lipinski definition) is 0. The van der Waals surface area contributed by atoms with Crippen LogP contribution in [0, 0.1) is 0 Å². The van der Waals surface area contributed by atoms with Crippen molar-refractivity contribution in [2.45, 2.75) is 6.92 Å². The van der Waals surface area contributed by atoms with Gasteiger partial charge in [-0.25, -0.2) is 0 Å². The number of halogens is 2. The van der Waals surface area contributed by atoms with Crippen molar-refractivity contribution in [2.24, 2.45) is 0 Å². The Labute approximate surface area is 132 Å². The Hall–Kier alpha value is -1.56. The van der Waals surface area contributed by atoms with Gasteiger partial charge in [-0.05, 0) is 19.1 Å². The highest BCUT2D eigenvalue weighted by atomic mass is 35.5. The molecule has 0 aliphatic carbocycles. The summed E-state index contributed by atoms with van der Waals surface area (Å²) in [5.74, 6) is 0.102. The average molecular weight is 329 g/mol. The van der Waals surface area contributed by atoms with Crippen LogP contribution in [0.4, 0.5) is 0 Å². The first-order valence-electron chi connectivity index (χ1n) is 6.39. The molecule has 7 heteroatoms. The van der Waals surface area contributed by atoms with E-state index in [1.807, 2.05) is 13.0 Å². The lowest BCUT2D eigenvalue weighted by atomic mass is 10.3. The van der Waals surface area contributed by atoms with Gasteiger partial charge >= 0.3 is 0 Å². The molecule has 0 atom stereocenters. The highest BCUT2D eigenvalue weighted by Gasteiger charge is 2.16. The van der Waals surface area contributed by atoms with E-state index in [4.69, 9.17) is 32.7 Å². The SMILES string of the molecule is CCOCCOc1nn(-c2ccccc2)c(=O)c(Cl)c1Cl. The molecule has 2 rings (SSSR count). The van der Waals surface area contributed by atoms with E-state index in [-0.39, 0.29) is 22.5 Å². The average Bonchev–Trinajstić information content (AvgIpc) is 2.52. The lowest BCUT2D eigenvalue weighted by Gasteiger charge is -2.11. The van der Waals surface area contributed by atoms with Crippen molar-refractivity contribution in [3.05, 3.63) is 50.7 Å². The van der Waals surface area contributed by atoms with Crippen molar-refractivity contribution in [2.75, 3.05) is 19.8 Å². The fraction of sp³-hybridized carbons (Fsp3) is 0.286. The van der Waals surface area contributed by atoms with E-state index in [1.165, 1.54) is 0 Å². The highest BCUT2D eigenvalue weighted by molar-refractivity contribution is 6.42. The molecule has 5 nitrogen and oxygen atoms in total. The molecule has 2 aromatic rings. The Morgan fingerprint density at radius 1 is 1.14 bits per heavy atom. The monoisotopic (exact) mass is 328 g/mol. The van der Waals surface area contributed by atoms with E-state index in [9.17, 15) is 4.79 Å². The van der Waals surface area contributed by atoms with Crippen molar-refractivity contribution in [3.8, 4) is 11.6 Å². The quantitative estimate of drug-likeness (QED) is 0.765. The van der Waals surface area contributed by atoms with Gasteiger partial charge in [0, 0.05) is 6.61 Å². The summed E-state index contributed by atoms with van der Waals surface area (Å²) in [6.45, 7) is 3.15. The van der Waals surface area contributed by atoms with Crippen LogP contribution in [-0.2, 0) is 4.74 Å². The number of ether oxygens (including phenoxy) is 2. The van der Waals surface area contributed by atoms with Gasteiger partial charge < -0.3 is 9.47 Å². The Morgan fingerprint density at radius 3 is 2.52 bits per heavy atom. The van der Waals surface area contributed by atoms with Gasteiger partial charge in [-0.1, -0.05) is 41.4 Å². The summed E-state index contributed by atoms with van der Waals surface area (Å²) in [7, 11) is 0. The van der Waals surface area contributed by atoms with E-state index in [0.29, 0.717) is 18.9 Å². The second-order valence-corrected chi connectivity index (χ2v) is 4.79. The van der Waals surface area contributed by atoms with Crippen LogP contribution in [0.25, 0.3) is 5.69 Å². The number of nitrogens with zero attached hydrogens (tertiary/aromatic N) is 2. The van der Waals surface area contributed by atoms with E-state index in [1.54, 1.807) is 24.3 Å². The van der Waals surface area contributed by atoms with Crippen LogP contribution in [0.5, 0.6) is 5.88 Å². The molecular formula is C14H14Cl2N2O3. The minimum atomic E-state index is -0.495. The second-order valence-electron chi connectivity index (χ2n) is 4.03. The molecule has 1 heterocycles. The van der Waals surface area contributed by atoms with Crippen LogP contribution in [-0.4, -0.2) is 29.6 Å². The molecule has 1 aromatic heterocycles. The largest absolute Gasteiger partial charge is 0.473 e. The zero-order chi connectivity index (χ0) is 15.2. The molecule has 0 bridgehead atoms. The van der Waals surface area contributed by atoms with Gasteiger partial charge in [0.1, 0.15) is 16.7 Å². The third-order valence-electron chi connectivity index (χ3n) is 2.62. The van der Waals surface area contributed by atoms with E-state index < -0.39 is 5.56 Å². The Balaban J connectivity index is 2.34. The van der Waals surface area contributed by atoms with E-state index in [0.717, 1.165) is 4.68 Å². The first-order chi connectivity index (χ1) is 10.1. The number of rotatable bonds is 6. The van der Waals surface area contributed by atoms with Crippen molar-refractivity contribution in [1.82, 2.24) is 9.78 Å². The number of benzene rings is 1. The van der Waals surface area contributed by atoms with Gasteiger partial charge in [-0.3, -0.25) is 4.79 Å². The van der Waals surface area contributed by atoms with Crippen LogP contribution in [0.1, 0.15) is 6.92 Å². The molecule has 0 unspecified atom stereocenters. The van der Waals surface area contributed by atoms with Crippen LogP contribution < -0.4 is 10.3 Å². The molecule has 0 amide bonds. The predicted octanol–water partition coefficient (Wildman–Crippen LogP) is 2.95. The van der Waals surface area contributed by atoms with Gasteiger partial charge in [0.25, 0.3) is 11.4 Å². The Bertz CT molecular complexity index is 659. The molecule has 0 radical (unpaired) electrons. The lowest BCUT2D eigenvalue weighted by Crippen LogP contribution is -2.23. The molecule has 21 heavy (non-hydrogen) atoms. The van der Waals surface area contributed by atoms with Crippen LogP contribution >= 0.6 is 23.2 Å². The summed E-state index contributed by atoms with van der Waals surface area (Å²) in [5, 5.41) is 3.99. The second kappa shape index (κ2) is 7.45. The molecule has 0 N–H and O–H groups in total. The number of hydrogen-bond acceptors (Lipinski definition) is 4. The van der Waals surface area contributed by atoms with Crippen LogP contribution in [0.3, 0.4) is 0 Å². The van der Waals surface area contributed by atoms with Crippen molar-refractivity contribution >= 4 is 23.2 Å². The van der Waals surface area contributed by atoms with Crippen molar-refractivity contribution < 1.29 is 9.47 Å². The zero-order valence-corrected chi connectivity index (χ0v) is 12.9. The molecule has 0 aliphatic heterocycles. The van der Waals surface area contributed by atoms with Crippen molar-refractivity contribution in [1.29, 1.82) is 0 Å². The maximum Gasteiger partial charge on any atom is 0.292 e. The smallest absolute Gasteiger partial charge is 0.292 e. The van der Waals surface area contributed by atoms with Crippen LogP contribution in [0.2, 0.25) is 10.0 Å². The lowest BCUT2D eigenvalue weighted by molar-refractivity contribution is 0.108. The molecule has 112 valence electrons.